The van der Waals surface area contributed by atoms with Crippen molar-refractivity contribution in [3.8, 4) is 0 Å². The van der Waals surface area contributed by atoms with Gasteiger partial charge in [0.05, 0.1) is 12.2 Å². The Kier molecular flexibility index (Phi) is 2.25. The van der Waals surface area contributed by atoms with Gasteiger partial charge in [-0.25, -0.2) is 0 Å². The van der Waals surface area contributed by atoms with Crippen LogP contribution >= 0.6 is 0 Å². The minimum absolute atomic E-state index is 0.253. The molecule has 1 rings (SSSR count). The third-order valence-corrected chi connectivity index (χ3v) is 1.83. The molecule has 0 aromatic carbocycles. The lowest BCUT2D eigenvalue weighted by molar-refractivity contribution is 0.0223. The van der Waals surface area contributed by atoms with E-state index in [0.29, 0.717) is 0 Å². The van der Waals surface area contributed by atoms with E-state index in [1.807, 2.05) is 0 Å². The first-order valence-corrected chi connectivity index (χ1v) is 3.38. The molecule has 1 saturated heterocycles. The van der Waals surface area contributed by atoms with Crippen molar-refractivity contribution >= 4 is 0 Å². The van der Waals surface area contributed by atoms with Gasteiger partial charge >= 0.3 is 0 Å². The minimum Gasteiger partial charge on any atom is -0.388 e. The van der Waals surface area contributed by atoms with E-state index in [4.69, 9.17) is 15.6 Å². The standard InChI is InChI=1S/C6H13NO3/c1-3-5(8)6(9)4(2-7)10-3/h3-6,8-9H,2,7H2,1H3/t3?,4?,5-,6+/m0/s1. The van der Waals surface area contributed by atoms with Crippen LogP contribution in [0.4, 0.5) is 0 Å². The van der Waals surface area contributed by atoms with Crippen LogP contribution in [-0.2, 0) is 4.74 Å². The molecule has 4 nitrogen and oxygen atoms in total. The summed E-state index contributed by atoms with van der Waals surface area (Å²) in [5.41, 5.74) is 5.25. The van der Waals surface area contributed by atoms with Crippen LogP contribution in [0.1, 0.15) is 6.92 Å². The molecule has 0 bridgehead atoms. The summed E-state index contributed by atoms with van der Waals surface area (Å²) < 4.78 is 5.11. The molecule has 10 heavy (non-hydrogen) atoms. The van der Waals surface area contributed by atoms with Gasteiger partial charge < -0.3 is 20.7 Å². The molecule has 0 aromatic heterocycles. The second-order valence-electron chi connectivity index (χ2n) is 2.60. The predicted molar refractivity (Wildman–Crippen MR) is 35.4 cm³/mol. The molecule has 1 heterocycles. The van der Waals surface area contributed by atoms with Crippen LogP contribution in [0.2, 0.25) is 0 Å². The van der Waals surface area contributed by atoms with Crippen LogP contribution in [0, 0.1) is 0 Å². The lowest BCUT2D eigenvalue weighted by atomic mass is 10.1. The molecule has 0 radical (unpaired) electrons. The number of hydrogen-bond donors (Lipinski definition) is 3. The van der Waals surface area contributed by atoms with Gasteiger partial charge in [-0.1, -0.05) is 0 Å². The van der Waals surface area contributed by atoms with Crippen molar-refractivity contribution in [2.75, 3.05) is 6.54 Å². The van der Waals surface area contributed by atoms with E-state index < -0.39 is 18.3 Å². The molecule has 1 aliphatic heterocycles. The maximum atomic E-state index is 9.17. The van der Waals surface area contributed by atoms with Crippen molar-refractivity contribution in [2.24, 2.45) is 5.73 Å². The summed E-state index contributed by atoms with van der Waals surface area (Å²) in [6, 6.07) is 0. The average Bonchev–Trinajstić information content (AvgIpc) is 2.17. The van der Waals surface area contributed by atoms with Gasteiger partial charge in [0.15, 0.2) is 0 Å². The van der Waals surface area contributed by atoms with Gasteiger partial charge in [0.2, 0.25) is 0 Å². The van der Waals surface area contributed by atoms with Crippen LogP contribution in [-0.4, -0.2) is 41.2 Å². The molecule has 0 aliphatic carbocycles. The third kappa shape index (κ3) is 1.15. The average molecular weight is 147 g/mol. The van der Waals surface area contributed by atoms with Gasteiger partial charge in [0, 0.05) is 6.54 Å². The quantitative estimate of drug-likeness (QED) is 0.420. The van der Waals surface area contributed by atoms with E-state index in [1.54, 1.807) is 6.92 Å². The predicted octanol–water partition coefficient (Wildman–Crippen LogP) is -1.55. The number of nitrogens with two attached hydrogens (primary N) is 1. The number of ether oxygens (including phenoxy) is 1. The Labute approximate surface area is 59.6 Å². The largest absolute Gasteiger partial charge is 0.388 e. The monoisotopic (exact) mass is 147 g/mol. The van der Waals surface area contributed by atoms with Crippen molar-refractivity contribution < 1.29 is 14.9 Å². The Hall–Kier alpha value is -0.160. The zero-order chi connectivity index (χ0) is 7.72. The van der Waals surface area contributed by atoms with Gasteiger partial charge in [-0.3, -0.25) is 0 Å². The van der Waals surface area contributed by atoms with Crippen molar-refractivity contribution in [2.45, 2.75) is 31.3 Å². The number of aliphatic hydroxyl groups is 2. The van der Waals surface area contributed by atoms with Crippen LogP contribution in [0.25, 0.3) is 0 Å². The first-order valence-electron chi connectivity index (χ1n) is 3.38. The highest BCUT2D eigenvalue weighted by atomic mass is 16.5. The third-order valence-electron chi connectivity index (χ3n) is 1.83. The highest BCUT2D eigenvalue weighted by Gasteiger charge is 2.38. The van der Waals surface area contributed by atoms with Gasteiger partial charge in [0.25, 0.3) is 0 Å². The minimum atomic E-state index is -0.819. The fraction of sp³-hybridized carbons (Fsp3) is 1.00. The Balaban J connectivity index is 2.53. The fourth-order valence-corrected chi connectivity index (χ4v) is 1.13. The van der Waals surface area contributed by atoms with Gasteiger partial charge in [-0.05, 0) is 6.92 Å². The first-order chi connectivity index (χ1) is 4.66. The molecule has 0 spiro atoms. The lowest BCUT2D eigenvalue weighted by Gasteiger charge is -2.10. The van der Waals surface area contributed by atoms with Gasteiger partial charge in [0.1, 0.15) is 12.2 Å². The summed E-state index contributed by atoms with van der Waals surface area (Å²) in [7, 11) is 0. The summed E-state index contributed by atoms with van der Waals surface area (Å²) in [5.74, 6) is 0. The Morgan fingerprint density at radius 3 is 2.20 bits per heavy atom. The molecular weight excluding hydrogens is 134 g/mol. The molecule has 60 valence electrons. The van der Waals surface area contributed by atoms with E-state index in [1.165, 1.54) is 0 Å². The lowest BCUT2D eigenvalue weighted by Crippen LogP contribution is -2.35. The Bertz CT molecular complexity index is 120. The molecular formula is C6H13NO3. The summed E-state index contributed by atoms with van der Waals surface area (Å²) in [4.78, 5) is 0. The van der Waals surface area contributed by atoms with Crippen LogP contribution in [0.5, 0.6) is 0 Å². The molecule has 1 fully saturated rings. The maximum Gasteiger partial charge on any atom is 0.110 e. The smallest absolute Gasteiger partial charge is 0.110 e. The summed E-state index contributed by atoms with van der Waals surface area (Å²) in [6.45, 7) is 1.96. The van der Waals surface area contributed by atoms with Gasteiger partial charge in [-0.2, -0.15) is 0 Å². The molecule has 4 N–H and O–H groups in total. The Morgan fingerprint density at radius 2 is 2.00 bits per heavy atom. The van der Waals surface area contributed by atoms with Crippen molar-refractivity contribution in [3.05, 3.63) is 0 Å². The summed E-state index contributed by atoms with van der Waals surface area (Å²) in [5, 5.41) is 18.3. The molecule has 1 aliphatic rings. The summed E-state index contributed by atoms with van der Waals surface area (Å²) in [6.07, 6.45) is -2.30. The molecule has 0 aromatic rings. The number of aliphatic hydroxyl groups excluding tert-OH is 2. The van der Waals surface area contributed by atoms with E-state index in [-0.39, 0.29) is 12.6 Å². The van der Waals surface area contributed by atoms with Crippen molar-refractivity contribution in [1.29, 1.82) is 0 Å². The highest BCUT2D eigenvalue weighted by molar-refractivity contribution is 4.88. The van der Waals surface area contributed by atoms with E-state index in [0.717, 1.165) is 0 Å². The second kappa shape index (κ2) is 2.84. The van der Waals surface area contributed by atoms with Crippen molar-refractivity contribution in [1.82, 2.24) is 0 Å². The molecule has 2 unspecified atom stereocenters. The van der Waals surface area contributed by atoms with Crippen molar-refractivity contribution in [3.63, 3.8) is 0 Å². The van der Waals surface area contributed by atoms with Crippen LogP contribution in [0.15, 0.2) is 0 Å². The topological polar surface area (TPSA) is 75.7 Å². The normalized spacial score (nSPS) is 48.0. The molecule has 4 atom stereocenters. The molecule has 0 amide bonds. The van der Waals surface area contributed by atoms with E-state index in [9.17, 15) is 5.11 Å². The Morgan fingerprint density at radius 1 is 1.40 bits per heavy atom. The van der Waals surface area contributed by atoms with Crippen LogP contribution < -0.4 is 5.73 Å². The van der Waals surface area contributed by atoms with E-state index >= 15 is 0 Å². The number of rotatable bonds is 1. The van der Waals surface area contributed by atoms with Crippen LogP contribution in [0.3, 0.4) is 0 Å². The first kappa shape index (κ1) is 7.94. The summed E-state index contributed by atoms with van der Waals surface area (Å²) >= 11 is 0. The molecule has 0 saturated carbocycles. The van der Waals surface area contributed by atoms with E-state index in [2.05, 4.69) is 0 Å². The fourth-order valence-electron chi connectivity index (χ4n) is 1.13. The maximum absolute atomic E-state index is 9.17. The highest BCUT2D eigenvalue weighted by Crippen LogP contribution is 2.19. The zero-order valence-corrected chi connectivity index (χ0v) is 5.90. The zero-order valence-electron chi connectivity index (χ0n) is 5.90. The number of hydrogen-bond acceptors (Lipinski definition) is 4. The second-order valence-corrected chi connectivity index (χ2v) is 2.60. The molecule has 4 heteroatoms. The SMILES string of the molecule is CC1OC(CN)[C@@H](O)[C@H]1O. The van der Waals surface area contributed by atoms with Gasteiger partial charge in [-0.15, -0.1) is 0 Å².